The molecule has 7 rings (SSSR count). The minimum Gasteiger partial charge on any atom is -0.444 e. The number of tetrazole rings is 1. The Hall–Kier alpha value is -6.35. The van der Waals surface area contributed by atoms with E-state index in [1.807, 2.05) is 49.7 Å². The fraction of sp³-hybridized carbons (Fsp3) is 0.255. The molecule has 0 atom stereocenters. The number of hydrogen-bond donors (Lipinski definition) is 2. The number of amides is 1. The Kier molecular flexibility index (Phi) is 11.5. The van der Waals surface area contributed by atoms with Crippen LogP contribution in [-0.4, -0.2) is 48.4 Å². The van der Waals surface area contributed by atoms with Crippen molar-refractivity contribution in [1.82, 2.24) is 35.5 Å². The Morgan fingerprint density at radius 3 is 1.88 bits per heavy atom. The van der Waals surface area contributed by atoms with Gasteiger partial charge in [-0.25, -0.2) is 14.5 Å². The number of nitrogens with zero attached hydrogens (tertiary/aromatic N) is 5. The molecule has 284 valence electrons. The Balaban J connectivity index is 1.22. The van der Waals surface area contributed by atoms with Crippen LogP contribution in [0.3, 0.4) is 0 Å². The van der Waals surface area contributed by atoms with Gasteiger partial charge in [0.15, 0.2) is 5.82 Å². The van der Waals surface area contributed by atoms with Gasteiger partial charge in [0.2, 0.25) is 0 Å². The Morgan fingerprint density at radius 1 is 0.732 bits per heavy atom. The van der Waals surface area contributed by atoms with Gasteiger partial charge in [-0.1, -0.05) is 153 Å². The molecule has 5 aromatic carbocycles. The zero-order chi connectivity index (χ0) is 39.0. The largest absolute Gasteiger partial charge is 0.444 e. The van der Waals surface area contributed by atoms with Gasteiger partial charge in [0.1, 0.15) is 17.0 Å². The minimum absolute atomic E-state index is 0.420. The summed E-state index contributed by atoms with van der Waals surface area (Å²) in [5, 5.41) is 16.7. The number of aromatic amines is 1. The summed E-state index contributed by atoms with van der Waals surface area (Å²) in [6, 6.07) is 48.3. The summed E-state index contributed by atoms with van der Waals surface area (Å²) < 4.78 is 7.41. The molecular formula is C47H49N7O2. The first kappa shape index (κ1) is 37.9. The number of nitrogens with one attached hydrogen (secondary N) is 2. The van der Waals surface area contributed by atoms with Gasteiger partial charge in [0.05, 0.1) is 5.69 Å². The lowest BCUT2D eigenvalue weighted by molar-refractivity contribution is 0.0528. The number of aromatic nitrogens is 6. The van der Waals surface area contributed by atoms with E-state index in [1.54, 1.807) is 0 Å². The van der Waals surface area contributed by atoms with E-state index in [2.05, 4.69) is 138 Å². The van der Waals surface area contributed by atoms with Crippen LogP contribution in [0.25, 0.3) is 22.5 Å². The standard InChI is InChI=1S/C47H49N7O2/c1-5-6-26-43-49-41(31-32-48-45(55)56-46(2,3)4)42(50-43)33-34-27-29-35(30-28-34)39-24-16-17-25-40(39)44-51-52-53-54(44)47(36-18-10-7-11-19-36,37-20-12-8-13-21-37)38-22-14-9-15-23-38/h7-25,27-30H,5-6,26,31-33H2,1-4H3,(H,48,55)(H,49,50). The summed E-state index contributed by atoms with van der Waals surface area (Å²) in [7, 11) is 0. The molecule has 9 heteroatoms. The van der Waals surface area contributed by atoms with Gasteiger partial charge in [-0.2, -0.15) is 0 Å². The van der Waals surface area contributed by atoms with Crippen molar-refractivity contribution >= 4 is 6.09 Å². The predicted molar refractivity (Wildman–Crippen MR) is 221 cm³/mol. The Morgan fingerprint density at radius 2 is 1.30 bits per heavy atom. The quantitative estimate of drug-likeness (QED) is 0.107. The highest BCUT2D eigenvalue weighted by molar-refractivity contribution is 5.81. The molecule has 7 aromatic rings. The van der Waals surface area contributed by atoms with Gasteiger partial charge < -0.3 is 15.0 Å². The molecule has 0 aliphatic carbocycles. The molecule has 9 nitrogen and oxygen atoms in total. The maximum atomic E-state index is 12.3. The zero-order valence-electron chi connectivity index (χ0n) is 32.6. The van der Waals surface area contributed by atoms with E-state index in [0.717, 1.165) is 75.4 Å². The number of rotatable bonds is 14. The zero-order valence-corrected chi connectivity index (χ0v) is 32.6. The van der Waals surface area contributed by atoms with Gasteiger partial charge in [-0.3, -0.25) is 0 Å². The molecule has 2 N–H and O–H groups in total. The van der Waals surface area contributed by atoms with Gasteiger partial charge in [0, 0.05) is 37.1 Å². The maximum Gasteiger partial charge on any atom is 0.407 e. The molecule has 0 spiro atoms. The monoisotopic (exact) mass is 743 g/mol. The van der Waals surface area contributed by atoms with E-state index < -0.39 is 17.2 Å². The van der Waals surface area contributed by atoms with Crippen LogP contribution in [-0.2, 0) is 29.5 Å². The molecule has 0 saturated heterocycles. The topological polar surface area (TPSA) is 111 Å². The second-order valence-corrected chi connectivity index (χ2v) is 15.0. The van der Waals surface area contributed by atoms with E-state index in [-0.39, 0.29) is 0 Å². The summed E-state index contributed by atoms with van der Waals surface area (Å²) in [6.07, 6.45) is 3.91. The molecule has 0 bridgehead atoms. The number of aryl methyl sites for hydroxylation is 1. The number of alkyl carbamates (subject to hydrolysis) is 1. The Labute approximate surface area is 329 Å². The van der Waals surface area contributed by atoms with Crippen LogP contribution in [0.1, 0.15) is 80.0 Å². The van der Waals surface area contributed by atoms with Crippen LogP contribution >= 0.6 is 0 Å². The van der Waals surface area contributed by atoms with E-state index in [4.69, 9.17) is 20.0 Å². The van der Waals surface area contributed by atoms with E-state index in [0.29, 0.717) is 25.2 Å². The first-order chi connectivity index (χ1) is 27.3. The fourth-order valence-electron chi connectivity index (χ4n) is 7.34. The average molecular weight is 744 g/mol. The van der Waals surface area contributed by atoms with Gasteiger partial charge in [-0.15, -0.1) is 5.10 Å². The molecule has 0 unspecified atom stereocenters. The van der Waals surface area contributed by atoms with E-state index >= 15 is 0 Å². The van der Waals surface area contributed by atoms with Crippen LogP contribution < -0.4 is 5.32 Å². The number of unbranched alkanes of at least 4 members (excludes halogenated alkanes) is 1. The fourth-order valence-corrected chi connectivity index (χ4v) is 7.34. The third-order valence-corrected chi connectivity index (χ3v) is 9.89. The van der Waals surface area contributed by atoms with Crippen molar-refractivity contribution in [3.63, 3.8) is 0 Å². The molecule has 0 aliphatic rings. The van der Waals surface area contributed by atoms with Crippen molar-refractivity contribution in [3.8, 4) is 22.5 Å². The number of benzene rings is 5. The molecule has 56 heavy (non-hydrogen) atoms. The smallest absolute Gasteiger partial charge is 0.407 e. The number of H-pyrrole nitrogens is 1. The molecule has 2 heterocycles. The predicted octanol–water partition coefficient (Wildman–Crippen LogP) is 9.57. The summed E-state index contributed by atoms with van der Waals surface area (Å²) >= 11 is 0. The number of imidazole rings is 1. The van der Waals surface area contributed by atoms with Crippen molar-refractivity contribution in [2.24, 2.45) is 0 Å². The van der Waals surface area contributed by atoms with E-state index in [1.165, 1.54) is 0 Å². The lowest BCUT2D eigenvalue weighted by Gasteiger charge is -2.36. The number of carbonyl (C=O) groups is 1. The minimum atomic E-state index is -0.861. The van der Waals surface area contributed by atoms with Crippen LogP contribution in [0.15, 0.2) is 140 Å². The summed E-state index contributed by atoms with van der Waals surface area (Å²) in [5.74, 6) is 1.64. The Bertz CT molecular complexity index is 2230. The maximum absolute atomic E-state index is 12.3. The summed E-state index contributed by atoms with van der Waals surface area (Å²) in [5.41, 5.74) is 7.91. The first-order valence-corrected chi connectivity index (χ1v) is 19.4. The van der Waals surface area contributed by atoms with Crippen molar-refractivity contribution in [1.29, 1.82) is 0 Å². The summed E-state index contributed by atoms with van der Waals surface area (Å²) in [4.78, 5) is 20.8. The lowest BCUT2D eigenvalue weighted by Crippen LogP contribution is -2.39. The molecule has 2 aromatic heterocycles. The highest BCUT2D eigenvalue weighted by Crippen LogP contribution is 2.43. The molecule has 0 aliphatic heterocycles. The summed E-state index contributed by atoms with van der Waals surface area (Å²) in [6.45, 7) is 8.21. The van der Waals surface area contributed by atoms with Gasteiger partial charge in [0.25, 0.3) is 0 Å². The third kappa shape index (κ3) is 8.32. The normalized spacial score (nSPS) is 11.7. The SMILES string of the molecule is CCCCc1nc(CCNC(=O)OC(C)(C)C)c(Cc2ccc(-c3ccccc3-c3nnnn3C(c3ccccc3)(c3ccccc3)c3ccccc3)cc2)[nH]1. The number of carbonyl (C=O) groups excluding carboxylic acids is 1. The molecular weight excluding hydrogens is 695 g/mol. The van der Waals surface area contributed by atoms with Crippen LogP contribution in [0.5, 0.6) is 0 Å². The highest BCUT2D eigenvalue weighted by atomic mass is 16.6. The van der Waals surface area contributed by atoms with Crippen LogP contribution in [0, 0.1) is 0 Å². The van der Waals surface area contributed by atoms with Crippen LogP contribution in [0.2, 0.25) is 0 Å². The third-order valence-electron chi connectivity index (χ3n) is 9.89. The van der Waals surface area contributed by atoms with Crippen molar-refractivity contribution in [2.45, 2.75) is 70.9 Å². The second kappa shape index (κ2) is 17.0. The average Bonchev–Trinajstić information content (AvgIpc) is 3.86. The molecule has 0 saturated carbocycles. The van der Waals surface area contributed by atoms with Crippen molar-refractivity contribution in [3.05, 3.63) is 179 Å². The highest BCUT2D eigenvalue weighted by Gasteiger charge is 2.42. The van der Waals surface area contributed by atoms with Gasteiger partial charge in [-0.05, 0) is 71.0 Å². The van der Waals surface area contributed by atoms with Crippen molar-refractivity contribution < 1.29 is 9.53 Å². The first-order valence-electron chi connectivity index (χ1n) is 19.4. The molecule has 0 fully saturated rings. The lowest BCUT2D eigenvalue weighted by atomic mass is 9.77. The van der Waals surface area contributed by atoms with Crippen LogP contribution in [0.4, 0.5) is 4.79 Å². The second-order valence-electron chi connectivity index (χ2n) is 15.0. The van der Waals surface area contributed by atoms with Crippen molar-refractivity contribution in [2.75, 3.05) is 6.54 Å². The number of hydrogen-bond acceptors (Lipinski definition) is 6. The number of ether oxygens (including phenoxy) is 1. The van der Waals surface area contributed by atoms with E-state index in [9.17, 15) is 4.79 Å². The van der Waals surface area contributed by atoms with Gasteiger partial charge >= 0.3 is 6.09 Å². The molecule has 0 radical (unpaired) electrons. The molecule has 1 amide bonds.